The SMILES string of the molecule is Cn1cc(S(=O)(=O)N2CCCC3CCCCC32)cc1CO. The molecule has 1 aliphatic heterocycles. The number of nitrogens with zero attached hydrogens (tertiary/aromatic N) is 2. The molecule has 1 saturated heterocycles. The van der Waals surface area contributed by atoms with Gasteiger partial charge in [0.2, 0.25) is 10.0 Å². The average molecular weight is 312 g/mol. The molecule has 3 rings (SSSR count). The summed E-state index contributed by atoms with van der Waals surface area (Å²) in [5, 5.41) is 9.27. The molecule has 5 nitrogen and oxygen atoms in total. The maximum absolute atomic E-state index is 13.0. The zero-order chi connectivity index (χ0) is 15.0. The average Bonchev–Trinajstić information content (AvgIpc) is 2.88. The van der Waals surface area contributed by atoms with Gasteiger partial charge in [-0.2, -0.15) is 4.31 Å². The Morgan fingerprint density at radius 1 is 1.24 bits per heavy atom. The number of hydrogen-bond donors (Lipinski definition) is 1. The van der Waals surface area contributed by atoms with Gasteiger partial charge >= 0.3 is 0 Å². The third-order valence-electron chi connectivity index (χ3n) is 5.04. The van der Waals surface area contributed by atoms with Crippen LogP contribution >= 0.6 is 0 Å². The van der Waals surface area contributed by atoms with E-state index >= 15 is 0 Å². The molecule has 118 valence electrons. The van der Waals surface area contributed by atoms with Crippen molar-refractivity contribution in [1.82, 2.24) is 8.87 Å². The van der Waals surface area contributed by atoms with Crippen molar-refractivity contribution in [2.24, 2.45) is 13.0 Å². The van der Waals surface area contributed by atoms with Crippen LogP contribution in [0.4, 0.5) is 0 Å². The minimum absolute atomic E-state index is 0.141. The second kappa shape index (κ2) is 5.74. The first kappa shape index (κ1) is 15.1. The van der Waals surface area contributed by atoms with Gasteiger partial charge in [-0.1, -0.05) is 12.8 Å². The number of aryl methyl sites for hydroxylation is 1. The molecule has 2 atom stereocenters. The Labute approximate surface area is 126 Å². The van der Waals surface area contributed by atoms with Crippen molar-refractivity contribution in [2.45, 2.75) is 56.1 Å². The predicted octanol–water partition coefficient (Wildman–Crippen LogP) is 1.86. The normalized spacial score (nSPS) is 27.5. The van der Waals surface area contributed by atoms with Gasteiger partial charge in [0.05, 0.1) is 6.61 Å². The van der Waals surface area contributed by atoms with Crippen molar-refractivity contribution in [3.8, 4) is 0 Å². The highest BCUT2D eigenvalue weighted by molar-refractivity contribution is 7.89. The largest absolute Gasteiger partial charge is 0.390 e. The van der Waals surface area contributed by atoms with Crippen molar-refractivity contribution in [3.63, 3.8) is 0 Å². The van der Waals surface area contributed by atoms with Crippen molar-refractivity contribution < 1.29 is 13.5 Å². The number of aromatic nitrogens is 1. The lowest BCUT2D eigenvalue weighted by molar-refractivity contribution is 0.129. The second-order valence-corrected chi connectivity index (χ2v) is 8.20. The van der Waals surface area contributed by atoms with E-state index in [1.165, 1.54) is 6.42 Å². The lowest BCUT2D eigenvalue weighted by Crippen LogP contribution is -2.49. The predicted molar refractivity (Wildman–Crippen MR) is 80.2 cm³/mol. The monoisotopic (exact) mass is 312 g/mol. The van der Waals surface area contributed by atoms with E-state index in [-0.39, 0.29) is 12.6 Å². The van der Waals surface area contributed by atoms with Crippen LogP contribution in [0.5, 0.6) is 0 Å². The number of rotatable bonds is 3. The molecule has 2 heterocycles. The highest BCUT2D eigenvalue weighted by Gasteiger charge is 2.40. The molecule has 6 heteroatoms. The standard InChI is InChI=1S/C15H24N2O3S/c1-16-10-14(9-13(16)11-18)21(19,20)17-8-4-6-12-5-2-3-7-15(12)17/h9-10,12,15,18H,2-8,11H2,1H3. The van der Waals surface area contributed by atoms with Gasteiger partial charge in [0, 0.05) is 31.5 Å². The summed E-state index contributed by atoms with van der Waals surface area (Å²) >= 11 is 0. The molecule has 1 aromatic rings. The Morgan fingerprint density at radius 2 is 1.95 bits per heavy atom. The molecule has 1 aromatic heterocycles. The lowest BCUT2D eigenvalue weighted by Gasteiger charge is -2.42. The van der Waals surface area contributed by atoms with Crippen LogP contribution in [0.3, 0.4) is 0 Å². The summed E-state index contributed by atoms with van der Waals surface area (Å²) < 4.78 is 29.3. The second-order valence-electron chi connectivity index (χ2n) is 6.31. The summed E-state index contributed by atoms with van der Waals surface area (Å²) in [4.78, 5) is 0.320. The van der Waals surface area contributed by atoms with Crippen LogP contribution in [-0.4, -0.2) is 35.0 Å². The molecule has 0 spiro atoms. The summed E-state index contributed by atoms with van der Waals surface area (Å²) in [6.45, 7) is 0.491. The Hall–Kier alpha value is -0.850. The first-order valence-electron chi connectivity index (χ1n) is 7.82. The van der Waals surface area contributed by atoms with Crippen LogP contribution in [0, 0.1) is 5.92 Å². The van der Waals surface area contributed by atoms with Crippen molar-refractivity contribution in [1.29, 1.82) is 0 Å². The quantitative estimate of drug-likeness (QED) is 0.926. The summed E-state index contributed by atoms with van der Waals surface area (Å²) in [6, 6.07) is 1.78. The van der Waals surface area contributed by atoms with Gasteiger partial charge in [0.25, 0.3) is 0 Å². The molecular formula is C15H24N2O3S. The zero-order valence-corrected chi connectivity index (χ0v) is 13.3. The molecular weight excluding hydrogens is 288 g/mol. The van der Waals surface area contributed by atoms with E-state index in [4.69, 9.17) is 0 Å². The highest BCUT2D eigenvalue weighted by atomic mass is 32.2. The van der Waals surface area contributed by atoms with Crippen LogP contribution in [0.1, 0.15) is 44.2 Å². The summed E-state index contributed by atoms with van der Waals surface area (Å²) in [5.74, 6) is 0.531. The van der Waals surface area contributed by atoms with E-state index in [0.29, 0.717) is 23.1 Å². The molecule has 0 radical (unpaired) electrons. The topological polar surface area (TPSA) is 62.5 Å². The van der Waals surface area contributed by atoms with E-state index < -0.39 is 10.0 Å². The van der Waals surface area contributed by atoms with Crippen molar-refractivity contribution >= 4 is 10.0 Å². The first-order chi connectivity index (χ1) is 10.0. The molecule has 21 heavy (non-hydrogen) atoms. The van der Waals surface area contributed by atoms with E-state index in [1.54, 1.807) is 28.2 Å². The molecule has 1 N–H and O–H groups in total. The fourth-order valence-electron chi connectivity index (χ4n) is 3.89. The molecule has 0 bridgehead atoms. The minimum atomic E-state index is -3.44. The van der Waals surface area contributed by atoms with Gasteiger partial charge in [-0.15, -0.1) is 0 Å². The van der Waals surface area contributed by atoms with Crippen LogP contribution < -0.4 is 0 Å². The van der Waals surface area contributed by atoms with E-state index in [9.17, 15) is 13.5 Å². The molecule has 2 unspecified atom stereocenters. The van der Waals surface area contributed by atoms with Crippen molar-refractivity contribution in [3.05, 3.63) is 18.0 Å². The minimum Gasteiger partial charge on any atom is -0.390 e. The number of aliphatic hydroxyl groups excluding tert-OH is 1. The number of aliphatic hydroxyl groups is 1. The smallest absolute Gasteiger partial charge is 0.244 e. The molecule has 0 aromatic carbocycles. The molecule has 0 amide bonds. The molecule has 1 saturated carbocycles. The van der Waals surface area contributed by atoms with Crippen LogP contribution in [0.2, 0.25) is 0 Å². The van der Waals surface area contributed by atoms with Gasteiger partial charge in [-0.3, -0.25) is 0 Å². The van der Waals surface area contributed by atoms with Gasteiger partial charge < -0.3 is 9.67 Å². The number of fused-ring (bicyclic) bond motifs is 1. The maximum Gasteiger partial charge on any atom is 0.244 e. The van der Waals surface area contributed by atoms with Gasteiger partial charge in [0.15, 0.2) is 0 Å². The van der Waals surface area contributed by atoms with Crippen LogP contribution in [0.25, 0.3) is 0 Å². The first-order valence-corrected chi connectivity index (χ1v) is 9.26. The number of sulfonamides is 1. The van der Waals surface area contributed by atoms with E-state index in [0.717, 1.165) is 32.1 Å². The van der Waals surface area contributed by atoms with E-state index in [2.05, 4.69) is 0 Å². The van der Waals surface area contributed by atoms with Crippen molar-refractivity contribution in [2.75, 3.05) is 6.54 Å². The molecule has 2 fully saturated rings. The third-order valence-corrected chi connectivity index (χ3v) is 6.93. The highest BCUT2D eigenvalue weighted by Crippen LogP contribution is 2.38. The number of hydrogen-bond acceptors (Lipinski definition) is 3. The Morgan fingerprint density at radius 3 is 2.67 bits per heavy atom. The Bertz CT molecular complexity index is 606. The summed E-state index contributed by atoms with van der Waals surface area (Å²) in [5.41, 5.74) is 0.630. The third kappa shape index (κ3) is 2.64. The number of piperidine rings is 1. The Balaban J connectivity index is 1.92. The lowest BCUT2D eigenvalue weighted by atomic mass is 9.79. The fourth-order valence-corrected chi connectivity index (χ4v) is 5.74. The Kier molecular flexibility index (Phi) is 4.12. The van der Waals surface area contributed by atoms with E-state index in [1.807, 2.05) is 0 Å². The fraction of sp³-hybridized carbons (Fsp3) is 0.733. The summed E-state index contributed by atoms with van der Waals surface area (Å²) in [7, 11) is -1.67. The van der Waals surface area contributed by atoms with Gasteiger partial charge in [0.1, 0.15) is 4.90 Å². The molecule has 1 aliphatic carbocycles. The molecule has 2 aliphatic rings. The maximum atomic E-state index is 13.0. The van der Waals surface area contributed by atoms with Crippen LogP contribution in [-0.2, 0) is 23.7 Å². The van der Waals surface area contributed by atoms with Gasteiger partial charge in [-0.25, -0.2) is 8.42 Å². The van der Waals surface area contributed by atoms with Crippen LogP contribution in [0.15, 0.2) is 17.2 Å². The van der Waals surface area contributed by atoms with Gasteiger partial charge in [-0.05, 0) is 37.7 Å². The summed E-state index contributed by atoms with van der Waals surface area (Å²) in [6.07, 6.45) is 8.25. The zero-order valence-electron chi connectivity index (χ0n) is 12.5.